The standard InChI is InChI=1S/C21H23NO2/c1-15(21(24)22-19-12-5-6-13-19)17-10-7-11-18(14-17)20(23)16-8-3-2-4-9-16/h2-4,7-11,14-15,19H,5-6,12-13H2,1H3,(H,22,24). The fraction of sp³-hybridized carbons (Fsp3) is 0.333. The molecule has 3 nitrogen and oxygen atoms in total. The lowest BCUT2D eigenvalue weighted by atomic mass is 9.95. The lowest BCUT2D eigenvalue weighted by molar-refractivity contribution is -0.122. The average molecular weight is 321 g/mol. The topological polar surface area (TPSA) is 46.2 Å². The third kappa shape index (κ3) is 3.73. The number of hydrogen-bond donors (Lipinski definition) is 1. The van der Waals surface area contributed by atoms with Crippen molar-refractivity contribution in [3.63, 3.8) is 0 Å². The van der Waals surface area contributed by atoms with Crippen molar-refractivity contribution in [2.24, 2.45) is 0 Å². The molecule has 1 aliphatic rings. The van der Waals surface area contributed by atoms with Crippen molar-refractivity contribution in [3.8, 4) is 0 Å². The Morgan fingerprint density at radius 1 is 0.958 bits per heavy atom. The SMILES string of the molecule is CC(C(=O)NC1CCCC1)c1cccc(C(=O)c2ccccc2)c1. The zero-order chi connectivity index (χ0) is 16.9. The number of amides is 1. The van der Waals surface area contributed by atoms with Crippen LogP contribution in [0.5, 0.6) is 0 Å². The van der Waals surface area contributed by atoms with Crippen LogP contribution in [-0.2, 0) is 4.79 Å². The molecule has 1 aliphatic carbocycles. The van der Waals surface area contributed by atoms with Gasteiger partial charge in [0, 0.05) is 17.2 Å². The maximum absolute atomic E-state index is 12.6. The Bertz CT molecular complexity index is 718. The second-order valence-electron chi connectivity index (χ2n) is 6.53. The molecule has 2 aromatic carbocycles. The van der Waals surface area contributed by atoms with Gasteiger partial charge in [-0.2, -0.15) is 0 Å². The number of benzene rings is 2. The minimum Gasteiger partial charge on any atom is -0.353 e. The predicted molar refractivity (Wildman–Crippen MR) is 95.1 cm³/mol. The molecule has 0 bridgehead atoms. The Kier molecular flexibility index (Phi) is 5.09. The fourth-order valence-electron chi connectivity index (χ4n) is 3.25. The van der Waals surface area contributed by atoms with Crippen LogP contribution in [0.15, 0.2) is 54.6 Å². The molecule has 0 aliphatic heterocycles. The van der Waals surface area contributed by atoms with E-state index < -0.39 is 0 Å². The lowest BCUT2D eigenvalue weighted by Gasteiger charge is -2.17. The molecule has 1 fully saturated rings. The van der Waals surface area contributed by atoms with Crippen LogP contribution in [0.2, 0.25) is 0 Å². The number of carbonyl (C=O) groups is 2. The quantitative estimate of drug-likeness (QED) is 0.844. The molecule has 0 saturated heterocycles. The fourth-order valence-corrected chi connectivity index (χ4v) is 3.25. The van der Waals surface area contributed by atoms with E-state index in [4.69, 9.17) is 0 Å². The van der Waals surface area contributed by atoms with E-state index in [9.17, 15) is 9.59 Å². The van der Waals surface area contributed by atoms with Gasteiger partial charge in [-0.3, -0.25) is 9.59 Å². The molecule has 0 spiro atoms. The molecule has 3 heteroatoms. The first-order valence-electron chi connectivity index (χ1n) is 8.65. The van der Waals surface area contributed by atoms with Crippen molar-refractivity contribution in [3.05, 3.63) is 71.3 Å². The monoisotopic (exact) mass is 321 g/mol. The van der Waals surface area contributed by atoms with Crippen molar-refractivity contribution < 1.29 is 9.59 Å². The van der Waals surface area contributed by atoms with Crippen LogP contribution in [-0.4, -0.2) is 17.7 Å². The Labute approximate surface area is 143 Å². The zero-order valence-corrected chi connectivity index (χ0v) is 14.0. The molecular formula is C21H23NO2. The highest BCUT2D eigenvalue weighted by Gasteiger charge is 2.22. The first-order chi connectivity index (χ1) is 11.6. The summed E-state index contributed by atoms with van der Waals surface area (Å²) in [5, 5.41) is 3.13. The average Bonchev–Trinajstić information content (AvgIpc) is 3.14. The van der Waals surface area contributed by atoms with Crippen LogP contribution in [0.25, 0.3) is 0 Å². The predicted octanol–water partition coefficient (Wildman–Crippen LogP) is 4.08. The van der Waals surface area contributed by atoms with Gasteiger partial charge in [0.05, 0.1) is 5.92 Å². The second kappa shape index (κ2) is 7.43. The van der Waals surface area contributed by atoms with Crippen molar-refractivity contribution >= 4 is 11.7 Å². The van der Waals surface area contributed by atoms with E-state index in [-0.39, 0.29) is 17.6 Å². The molecule has 1 N–H and O–H groups in total. The largest absolute Gasteiger partial charge is 0.353 e. The van der Waals surface area contributed by atoms with E-state index in [0.717, 1.165) is 18.4 Å². The van der Waals surface area contributed by atoms with Crippen LogP contribution in [0.1, 0.15) is 60.0 Å². The molecule has 0 heterocycles. The number of nitrogens with one attached hydrogen (secondary N) is 1. The summed E-state index contributed by atoms with van der Waals surface area (Å²) in [7, 11) is 0. The zero-order valence-electron chi connectivity index (χ0n) is 14.0. The van der Waals surface area contributed by atoms with Gasteiger partial charge in [0.1, 0.15) is 0 Å². The number of carbonyl (C=O) groups excluding carboxylic acids is 2. The van der Waals surface area contributed by atoms with Gasteiger partial charge in [-0.1, -0.05) is 61.4 Å². The minimum atomic E-state index is -0.255. The summed E-state index contributed by atoms with van der Waals surface area (Å²) in [6, 6.07) is 17.0. The lowest BCUT2D eigenvalue weighted by Crippen LogP contribution is -2.35. The minimum absolute atomic E-state index is 0.0131. The summed E-state index contributed by atoms with van der Waals surface area (Å²) in [5.74, 6) is -0.221. The van der Waals surface area contributed by atoms with Gasteiger partial charge in [0.25, 0.3) is 0 Å². The summed E-state index contributed by atoms with van der Waals surface area (Å²) >= 11 is 0. The van der Waals surface area contributed by atoms with E-state index in [2.05, 4.69) is 5.32 Å². The number of hydrogen-bond acceptors (Lipinski definition) is 2. The molecule has 124 valence electrons. The maximum atomic E-state index is 12.6. The highest BCUT2D eigenvalue weighted by molar-refractivity contribution is 6.09. The van der Waals surface area contributed by atoms with Crippen LogP contribution < -0.4 is 5.32 Å². The van der Waals surface area contributed by atoms with Gasteiger partial charge >= 0.3 is 0 Å². The molecular weight excluding hydrogens is 298 g/mol. The van der Waals surface area contributed by atoms with Crippen molar-refractivity contribution in [2.45, 2.75) is 44.6 Å². The van der Waals surface area contributed by atoms with Crippen LogP contribution in [0.3, 0.4) is 0 Å². The van der Waals surface area contributed by atoms with Gasteiger partial charge in [-0.15, -0.1) is 0 Å². The van der Waals surface area contributed by atoms with Crippen LogP contribution in [0, 0.1) is 0 Å². The van der Waals surface area contributed by atoms with E-state index >= 15 is 0 Å². The Hall–Kier alpha value is -2.42. The smallest absolute Gasteiger partial charge is 0.227 e. The number of rotatable bonds is 5. The molecule has 2 aromatic rings. The summed E-state index contributed by atoms with van der Waals surface area (Å²) in [4.78, 5) is 25.0. The maximum Gasteiger partial charge on any atom is 0.227 e. The summed E-state index contributed by atoms with van der Waals surface area (Å²) in [5.41, 5.74) is 2.17. The molecule has 1 amide bonds. The van der Waals surface area contributed by atoms with Gasteiger partial charge in [-0.05, 0) is 31.4 Å². The normalized spacial score (nSPS) is 15.9. The van der Waals surface area contributed by atoms with Gasteiger partial charge in [-0.25, -0.2) is 0 Å². The van der Waals surface area contributed by atoms with Crippen LogP contribution >= 0.6 is 0 Å². The third-order valence-electron chi connectivity index (χ3n) is 4.78. The summed E-state index contributed by atoms with van der Waals surface area (Å²) in [6.07, 6.45) is 4.54. The van der Waals surface area contributed by atoms with E-state index in [1.165, 1.54) is 12.8 Å². The van der Waals surface area contributed by atoms with Crippen molar-refractivity contribution in [1.29, 1.82) is 0 Å². The summed E-state index contributed by atoms with van der Waals surface area (Å²) in [6.45, 7) is 1.90. The van der Waals surface area contributed by atoms with Gasteiger partial charge < -0.3 is 5.32 Å². The first-order valence-corrected chi connectivity index (χ1v) is 8.65. The van der Waals surface area contributed by atoms with Gasteiger partial charge in [0.2, 0.25) is 5.91 Å². The molecule has 0 radical (unpaired) electrons. The van der Waals surface area contributed by atoms with Crippen molar-refractivity contribution in [1.82, 2.24) is 5.32 Å². The molecule has 0 aromatic heterocycles. The molecule has 1 atom stereocenters. The third-order valence-corrected chi connectivity index (χ3v) is 4.78. The molecule has 24 heavy (non-hydrogen) atoms. The molecule has 3 rings (SSSR count). The molecule has 1 saturated carbocycles. The second-order valence-corrected chi connectivity index (χ2v) is 6.53. The van der Waals surface area contributed by atoms with E-state index in [0.29, 0.717) is 17.2 Å². The number of ketones is 1. The summed E-state index contributed by atoms with van der Waals surface area (Å²) < 4.78 is 0. The Morgan fingerprint density at radius 2 is 1.62 bits per heavy atom. The van der Waals surface area contributed by atoms with Crippen LogP contribution in [0.4, 0.5) is 0 Å². The highest BCUT2D eigenvalue weighted by Crippen LogP contribution is 2.22. The van der Waals surface area contributed by atoms with Gasteiger partial charge in [0.15, 0.2) is 5.78 Å². The molecule has 1 unspecified atom stereocenters. The van der Waals surface area contributed by atoms with E-state index in [1.54, 1.807) is 6.07 Å². The van der Waals surface area contributed by atoms with Crippen molar-refractivity contribution in [2.75, 3.05) is 0 Å². The first kappa shape index (κ1) is 16.4. The Morgan fingerprint density at radius 3 is 2.33 bits per heavy atom. The highest BCUT2D eigenvalue weighted by atomic mass is 16.2. The van der Waals surface area contributed by atoms with E-state index in [1.807, 2.05) is 55.5 Å². The Balaban J connectivity index is 1.74.